The second kappa shape index (κ2) is 4.53. The Morgan fingerprint density at radius 3 is 1.88 bits per heavy atom. The molecule has 80 valence electrons. The number of benzene rings is 2. The van der Waals surface area contributed by atoms with Gasteiger partial charge in [0.15, 0.2) is 0 Å². The Balaban J connectivity index is 2.24. The van der Waals surface area contributed by atoms with Gasteiger partial charge in [0.05, 0.1) is 0 Å². The molecule has 0 fully saturated rings. The predicted molar refractivity (Wildman–Crippen MR) is 65.1 cm³/mol. The largest absolute Gasteiger partial charge is 0.508 e. The van der Waals surface area contributed by atoms with Crippen LogP contribution in [0.25, 0.3) is 12.2 Å². The van der Waals surface area contributed by atoms with E-state index in [0.717, 1.165) is 11.1 Å². The molecular weight excluding hydrogens is 200 g/mol. The third-order valence-corrected chi connectivity index (χ3v) is 2.19. The molecule has 0 spiro atoms. The minimum Gasteiger partial charge on any atom is -0.508 e. The Morgan fingerprint density at radius 1 is 0.688 bits per heavy atom. The van der Waals surface area contributed by atoms with Crippen molar-refractivity contribution in [2.24, 2.45) is 0 Å². The Morgan fingerprint density at radius 2 is 1.25 bits per heavy atom. The van der Waals surface area contributed by atoms with E-state index in [-0.39, 0.29) is 11.5 Å². The van der Waals surface area contributed by atoms with E-state index in [0.29, 0.717) is 0 Å². The smallest absolute Gasteiger partial charge is 0.119 e. The third-order valence-electron chi connectivity index (χ3n) is 2.19. The maximum Gasteiger partial charge on any atom is 0.119 e. The molecule has 0 unspecified atom stereocenters. The van der Waals surface area contributed by atoms with Crippen LogP contribution in [0.3, 0.4) is 0 Å². The molecule has 0 saturated carbocycles. The molecule has 0 heterocycles. The summed E-state index contributed by atoms with van der Waals surface area (Å²) in [5, 5.41) is 18.6. The average Bonchev–Trinajstić information content (AvgIpc) is 2.27. The predicted octanol–water partition coefficient (Wildman–Crippen LogP) is 3.27. The van der Waals surface area contributed by atoms with E-state index < -0.39 is 0 Å². The van der Waals surface area contributed by atoms with Gasteiger partial charge in [0.25, 0.3) is 0 Å². The second-order valence-corrected chi connectivity index (χ2v) is 3.53. The van der Waals surface area contributed by atoms with E-state index >= 15 is 0 Å². The van der Waals surface area contributed by atoms with Crippen LogP contribution in [0.1, 0.15) is 11.1 Å². The van der Waals surface area contributed by atoms with Crippen LogP contribution in [-0.4, -0.2) is 10.2 Å². The molecule has 0 atom stereocenters. The number of rotatable bonds is 2. The molecule has 0 radical (unpaired) electrons. The van der Waals surface area contributed by atoms with Gasteiger partial charge >= 0.3 is 0 Å². The van der Waals surface area contributed by atoms with Gasteiger partial charge in [-0.3, -0.25) is 0 Å². The molecule has 2 heteroatoms. The maximum absolute atomic E-state index is 9.30. The monoisotopic (exact) mass is 212 g/mol. The lowest BCUT2D eigenvalue weighted by atomic mass is 10.1. The number of phenolic OH excluding ortho intramolecular Hbond substituents is 2. The number of hydrogen-bond donors (Lipinski definition) is 2. The fraction of sp³-hybridized carbons (Fsp3) is 0. The van der Waals surface area contributed by atoms with E-state index in [9.17, 15) is 10.2 Å². The molecule has 2 aromatic carbocycles. The average molecular weight is 212 g/mol. The molecule has 0 amide bonds. The zero-order chi connectivity index (χ0) is 11.4. The Labute approximate surface area is 94.1 Å². The first-order valence-corrected chi connectivity index (χ1v) is 5.00. The lowest BCUT2D eigenvalue weighted by Crippen LogP contribution is -1.74. The molecule has 16 heavy (non-hydrogen) atoms. The number of hydrogen-bond acceptors (Lipinski definition) is 2. The van der Waals surface area contributed by atoms with Gasteiger partial charge in [-0.25, -0.2) is 0 Å². The maximum atomic E-state index is 9.30. The van der Waals surface area contributed by atoms with E-state index in [1.807, 2.05) is 42.5 Å². The molecule has 0 bridgehead atoms. The minimum atomic E-state index is 0.0627. The van der Waals surface area contributed by atoms with Crippen molar-refractivity contribution >= 4 is 12.2 Å². The summed E-state index contributed by atoms with van der Waals surface area (Å²) in [4.78, 5) is 0. The normalized spacial score (nSPS) is 10.8. The Bertz CT molecular complexity index is 481. The van der Waals surface area contributed by atoms with Gasteiger partial charge < -0.3 is 10.2 Å². The summed E-state index contributed by atoms with van der Waals surface area (Å²) in [5.41, 5.74) is 1.84. The molecule has 2 aromatic rings. The summed E-state index contributed by atoms with van der Waals surface area (Å²) >= 11 is 0. The zero-order valence-electron chi connectivity index (χ0n) is 8.67. The lowest BCUT2D eigenvalue weighted by Gasteiger charge is -1.98. The summed E-state index contributed by atoms with van der Waals surface area (Å²) in [6.07, 6.45) is 3.77. The zero-order valence-corrected chi connectivity index (χ0v) is 8.67. The van der Waals surface area contributed by atoms with Crippen LogP contribution in [0.5, 0.6) is 11.5 Å². The molecule has 2 N–H and O–H groups in total. The van der Waals surface area contributed by atoms with Crippen molar-refractivity contribution in [2.75, 3.05) is 0 Å². The van der Waals surface area contributed by atoms with Gasteiger partial charge in [-0.15, -0.1) is 0 Å². The standard InChI is InChI=1S/C14H12O2/c15-13-8-12(9-14(16)10-13)7-6-11-4-2-1-3-5-11/h1-10,15-16H/b7-6-. The fourth-order valence-corrected chi connectivity index (χ4v) is 1.47. The van der Waals surface area contributed by atoms with Crippen molar-refractivity contribution in [1.82, 2.24) is 0 Å². The minimum absolute atomic E-state index is 0.0627. The van der Waals surface area contributed by atoms with Gasteiger partial charge in [-0.1, -0.05) is 42.5 Å². The molecule has 0 aliphatic rings. The van der Waals surface area contributed by atoms with Crippen LogP contribution in [0.15, 0.2) is 48.5 Å². The SMILES string of the molecule is Oc1cc(O)cc(/C=C\c2ccccc2)c1. The summed E-state index contributed by atoms with van der Waals surface area (Å²) in [7, 11) is 0. The lowest BCUT2D eigenvalue weighted by molar-refractivity contribution is 0.450. The first kappa shape index (κ1) is 10.3. The third kappa shape index (κ3) is 2.64. The van der Waals surface area contributed by atoms with E-state index in [1.54, 1.807) is 12.1 Å². The van der Waals surface area contributed by atoms with E-state index in [1.165, 1.54) is 6.07 Å². The van der Waals surface area contributed by atoms with Crippen molar-refractivity contribution in [1.29, 1.82) is 0 Å². The summed E-state index contributed by atoms with van der Waals surface area (Å²) in [5.74, 6) is 0.125. The highest BCUT2D eigenvalue weighted by atomic mass is 16.3. The number of aromatic hydroxyl groups is 2. The van der Waals surface area contributed by atoms with Gasteiger partial charge in [-0.05, 0) is 23.3 Å². The topological polar surface area (TPSA) is 40.5 Å². The van der Waals surface area contributed by atoms with E-state index in [2.05, 4.69) is 0 Å². The van der Waals surface area contributed by atoms with Crippen molar-refractivity contribution in [3.63, 3.8) is 0 Å². The summed E-state index contributed by atoms with van der Waals surface area (Å²) in [6, 6.07) is 14.3. The Hall–Kier alpha value is -2.22. The highest BCUT2D eigenvalue weighted by Crippen LogP contribution is 2.21. The van der Waals surface area contributed by atoms with Crippen LogP contribution < -0.4 is 0 Å². The fourth-order valence-electron chi connectivity index (χ4n) is 1.47. The van der Waals surface area contributed by atoms with Gasteiger partial charge in [0.2, 0.25) is 0 Å². The van der Waals surface area contributed by atoms with Crippen LogP contribution in [0.4, 0.5) is 0 Å². The quantitative estimate of drug-likeness (QED) is 0.750. The first-order chi connectivity index (χ1) is 7.74. The van der Waals surface area contributed by atoms with E-state index in [4.69, 9.17) is 0 Å². The van der Waals surface area contributed by atoms with Crippen LogP contribution in [0.2, 0.25) is 0 Å². The molecule has 2 rings (SSSR count). The van der Waals surface area contributed by atoms with Gasteiger partial charge in [0.1, 0.15) is 11.5 Å². The summed E-state index contributed by atoms with van der Waals surface area (Å²) in [6.45, 7) is 0. The highest BCUT2D eigenvalue weighted by molar-refractivity contribution is 5.70. The van der Waals surface area contributed by atoms with Crippen LogP contribution in [0, 0.1) is 0 Å². The highest BCUT2D eigenvalue weighted by Gasteiger charge is 1.95. The molecule has 0 aliphatic heterocycles. The molecular formula is C14H12O2. The molecule has 0 aliphatic carbocycles. The first-order valence-electron chi connectivity index (χ1n) is 5.00. The second-order valence-electron chi connectivity index (χ2n) is 3.53. The van der Waals surface area contributed by atoms with Crippen molar-refractivity contribution < 1.29 is 10.2 Å². The molecule has 2 nitrogen and oxygen atoms in total. The van der Waals surface area contributed by atoms with Gasteiger partial charge in [-0.2, -0.15) is 0 Å². The van der Waals surface area contributed by atoms with Crippen molar-refractivity contribution in [3.8, 4) is 11.5 Å². The van der Waals surface area contributed by atoms with Crippen molar-refractivity contribution in [2.45, 2.75) is 0 Å². The summed E-state index contributed by atoms with van der Waals surface area (Å²) < 4.78 is 0. The van der Waals surface area contributed by atoms with Gasteiger partial charge in [0, 0.05) is 6.07 Å². The number of phenols is 2. The molecule has 0 saturated heterocycles. The molecule has 0 aromatic heterocycles. The van der Waals surface area contributed by atoms with Crippen LogP contribution >= 0.6 is 0 Å². The Kier molecular flexibility index (Phi) is 2.92. The van der Waals surface area contributed by atoms with Crippen LogP contribution in [-0.2, 0) is 0 Å². The van der Waals surface area contributed by atoms with Crippen molar-refractivity contribution in [3.05, 3.63) is 59.7 Å².